The normalized spacial score (nSPS) is 11.3. The Hall–Kier alpha value is -2.29. The number of hydrogen-bond acceptors (Lipinski definition) is 15. The molecule has 15 nitrogen and oxygen atoms in total. The van der Waals surface area contributed by atoms with E-state index < -0.39 is 71.9 Å². The summed E-state index contributed by atoms with van der Waals surface area (Å²) in [5.41, 5.74) is 0. The minimum atomic E-state index is -1.37. The molecule has 0 aliphatic carbocycles. The number of unbranched alkanes of at least 4 members (excludes halogenated alkanes) is 6. The van der Waals surface area contributed by atoms with Gasteiger partial charge in [-0.1, -0.05) is 80.1 Å². The number of rotatable bonds is 36. The summed E-state index contributed by atoms with van der Waals surface area (Å²) >= 11 is 0. The summed E-state index contributed by atoms with van der Waals surface area (Å²) in [6, 6.07) is 0. The summed E-state index contributed by atoms with van der Waals surface area (Å²) in [7, 11) is 0. The molecule has 0 aromatic heterocycles. The molecule has 0 aromatic carbocycles. The number of carbonyl (C=O) groups is 6. The molecule has 0 aliphatic heterocycles. The van der Waals surface area contributed by atoms with Gasteiger partial charge in [0.2, 0.25) is 0 Å². The van der Waals surface area contributed by atoms with Crippen molar-refractivity contribution in [3.05, 3.63) is 0 Å². The van der Waals surface area contributed by atoms with E-state index in [1.165, 1.54) is 0 Å². The predicted octanol–water partition coefficient (Wildman–Crippen LogP) is 3.92. The maximum absolute atomic E-state index is 11.6. The summed E-state index contributed by atoms with van der Waals surface area (Å²) in [6.45, 7) is 20.3. The number of Topliss-reactive ketones (excluding diaryl/α,β-unsaturated/α-hetero) is 3. The second kappa shape index (κ2) is 38.9. The van der Waals surface area contributed by atoms with E-state index in [1.54, 1.807) is 20.8 Å². The van der Waals surface area contributed by atoms with Crippen molar-refractivity contribution < 1.29 is 72.5 Å². The fourth-order valence-electron chi connectivity index (χ4n) is 4.77. The number of hydrogen-bond donors (Lipinski definition) is 0. The van der Waals surface area contributed by atoms with Gasteiger partial charge in [0.05, 0.1) is 58.9 Å². The Morgan fingerprint density at radius 1 is 0.362 bits per heavy atom. The SMILES string of the molecule is CCCCOC(C)(CC(=O)CC(=O)[O-])OCCCC.CCCCOC(C)(CC(=O)CC(=O)[O-])OCCCC.CCCCOC(C)(CC(=O)CC(=O)[O-])OCCCC.[Al+3]. The molecule has 336 valence electrons. The molecule has 0 saturated carbocycles. The third-order valence-electron chi connectivity index (χ3n) is 8.01. The van der Waals surface area contributed by atoms with Gasteiger partial charge in [0.25, 0.3) is 0 Å². The minimum absolute atomic E-state index is 0. The Kier molecular flexibility index (Phi) is 41.8. The van der Waals surface area contributed by atoms with Gasteiger partial charge in [0.1, 0.15) is 17.3 Å². The van der Waals surface area contributed by atoms with Crippen molar-refractivity contribution >= 4 is 52.6 Å². The molecule has 0 saturated heterocycles. The molecule has 0 spiro atoms. The fraction of sp³-hybridized carbons (Fsp3) is 0.857. The summed E-state index contributed by atoms with van der Waals surface area (Å²) in [6.07, 6.45) is 9.20. The Labute approximate surface area is 359 Å². The van der Waals surface area contributed by atoms with Crippen LogP contribution < -0.4 is 15.3 Å². The molecule has 0 atom stereocenters. The van der Waals surface area contributed by atoms with Gasteiger partial charge in [-0.05, 0) is 59.3 Å². The van der Waals surface area contributed by atoms with Crippen molar-refractivity contribution in [1.82, 2.24) is 0 Å². The zero-order chi connectivity index (χ0) is 44.2. The van der Waals surface area contributed by atoms with E-state index in [1.807, 2.05) is 41.5 Å². The largest absolute Gasteiger partial charge is 3.00 e. The quantitative estimate of drug-likeness (QED) is 0.0377. The van der Waals surface area contributed by atoms with Crippen LogP contribution in [-0.4, -0.2) is 110 Å². The van der Waals surface area contributed by atoms with Crippen molar-refractivity contribution in [2.45, 2.75) is 195 Å². The van der Waals surface area contributed by atoms with Crippen LogP contribution in [0.15, 0.2) is 0 Å². The maximum atomic E-state index is 11.6. The zero-order valence-electron chi connectivity index (χ0n) is 37.2. The molecule has 58 heavy (non-hydrogen) atoms. The molecule has 0 heterocycles. The standard InChI is InChI=1S/3C14H26O5.Al/c3*1-4-6-8-18-14(3,19-9-7-5-2)11-12(15)10-13(16)17;/h3*4-11H2,1-3H3,(H,16,17);/q;;;+3/p-3. The van der Waals surface area contributed by atoms with Crippen molar-refractivity contribution in [3.8, 4) is 0 Å². The number of ether oxygens (including phenoxy) is 6. The van der Waals surface area contributed by atoms with E-state index in [2.05, 4.69) is 0 Å². The molecule has 0 aromatic rings. The van der Waals surface area contributed by atoms with E-state index in [0.717, 1.165) is 77.0 Å². The van der Waals surface area contributed by atoms with Gasteiger partial charge in [0.15, 0.2) is 17.4 Å². The van der Waals surface area contributed by atoms with E-state index in [4.69, 9.17) is 28.4 Å². The zero-order valence-corrected chi connectivity index (χ0v) is 38.3. The van der Waals surface area contributed by atoms with Crippen molar-refractivity contribution in [2.24, 2.45) is 0 Å². The number of carbonyl (C=O) groups excluding carboxylic acids is 6. The molecule has 0 aliphatic rings. The van der Waals surface area contributed by atoms with Crippen LogP contribution in [0.25, 0.3) is 0 Å². The second-order valence-corrected chi connectivity index (χ2v) is 14.4. The first-order chi connectivity index (χ1) is 26.8. The Morgan fingerprint density at radius 3 is 0.638 bits per heavy atom. The molecule has 16 heteroatoms. The average molecular weight is 847 g/mol. The van der Waals surface area contributed by atoms with E-state index in [9.17, 15) is 44.1 Å². The van der Waals surface area contributed by atoms with Gasteiger partial charge in [-0.25, -0.2) is 0 Å². The van der Waals surface area contributed by atoms with Crippen molar-refractivity contribution in [3.63, 3.8) is 0 Å². The van der Waals surface area contributed by atoms with Crippen molar-refractivity contribution in [2.75, 3.05) is 39.6 Å². The predicted molar refractivity (Wildman–Crippen MR) is 214 cm³/mol. The van der Waals surface area contributed by atoms with E-state index in [-0.39, 0.29) is 36.6 Å². The van der Waals surface area contributed by atoms with Crippen LogP contribution in [0, 0.1) is 0 Å². The van der Waals surface area contributed by atoms with E-state index in [0.29, 0.717) is 39.6 Å². The first-order valence-electron chi connectivity index (χ1n) is 20.8. The van der Waals surface area contributed by atoms with Crippen LogP contribution in [0.5, 0.6) is 0 Å². The minimum Gasteiger partial charge on any atom is -0.550 e. The summed E-state index contributed by atoms with van der Waals surface area (Å²) < 4.78 is 33.7. The molecule has 0 bridgehead atoms. The first-order valence-corrected chi connectivity index (χ1v) is 20.8. The van der Waals surface area contributed by atoms with Gasteiger partial charge < -0.3 is 58.1 Å². The van der Waals surface area contributed by atoms with Crippen LogP contribution in [0.1, 0.15) is 178 Å². The molecule has 0 fully saturated rings. The third kappa shape index (κ3) is 40.5. The molecule has 0 rings (SSSR count). The second-order valence-electron chi connectivity index (χ2n) is 14.4. The van der Waals surface area contributed by atoms with Crippen LogP contribution in [0.3, 0.4) is 0 Å². The smallest absolute Gasteiger partial charge is 0.550 e. The molecule has 0 amide bonds. The molecular weight excluding hydrogens is 771 g/mol. The number of ketones is 3. The van der Waals surface area contributed by atoms with Crippen LogP contribution >= 0.6 is 0 Å². The van der Waals surface area contributed by atoms with E-state index >= 15 is 0 Å². The van der Waals surface area contributed by atoms with Gasteiger partial charge in [-0.2, -0.15) is 0 Å². The van der Waals surface area contributed by atoms with Gasteiger partial charge in [-0.15, -0.1) is 0 Å². The van der Waals surface area contributed by atoms with Crippen LogP contribution in [0.4, 0.5) is 0 Å². The average Bonchev–Trinajstić information content (AvgIpc) is 3.08. The number of carboxylic acids is 3. The van der Waals surface area contributed by atoms with Crippen LogP contribution in [-0.2, 0) is 57.2 Å². The van der Waals surface area contributed by atoms with Crippen molar-refractivity contribution in [1.29, 1.82) is 0 Å². The number of aliphatic carboxylic acids is 3. The molecule has 0 unspecified atom stereocenters. The molecule has 0 radical (unpaired) electrons. The summed E-state index contributed by atoms with van der Waals surface area (Å²) in [5.74, 6) is -8.50. The van der Waals surface area contributed by atoms with Gasteiger partial charge in [-0.3, -0.25) is 14.4 Å². The number of carboxylic acid groups (broad SMARTS) is 3. The summed E-state index contributed by atoms with van der Waals surface area (Å²) in [5, 5.41) is 31.2. The maximum Gasteiger partial charge on any atom is 3.00 e. The topological polar surface area (TPSA) is 227 Å². The molecular formula is C42H75AlO15. The van der Waals surface area contributed by atoms with Gasteiger partial charge in [0, 0.05) is 37.2 Å². The molecule has 0 N–H and O–H groups in total. The Bertz CT molecular complexity index is 935. The van der Waals surface area contributed by atoms with Gasteiger partial charge >= 0.3 is 17.4 Å². The third-order valence-corrected chi connectivity index (χ3v) is 8.01. The fourth-order valence-corrected chi connectivity index (χ4v) is 4.77. The monoisotopic (exact) mass is 846 g/mol. The Morgan fingerprint density at radius 2 is 0.517 bits per heavy atom. The van der Waals surface area contributed by atoms with Crippen LogP contribution in [0.2, 0.25) is 0 Å². The first kappa shape index (κ1) is 62.4. The Balaban J connectivity index is -0.000000374. The summed E-state index contributed by atoms with van der Waals surface area (Å²) in [4.78, 5) is 65.9.